The fourth-order valence-corrected chi connectivity index (χ4v) is 3.39. The molecule has 3 rings (SSSR count). The van der Waals surface area contributed by atoms with Gasteiger partial charge in [0.1, 0.15) is 5.15 Å². The van der Waals surface area contributed by atoms with Crippen molar-refractivity contribution in [2.24, 2.45) is 0 Å². The molecule has 20 heavy (non-hydrogen) atoms. The van der Waals surface area contributed by atoms with Crippen molar-refractivity contribution < 1.29 is 4.79 Å². The van der Waals surface area contributed by atoms with Gasteiger partial charge >= 0.3 is 0 Å². The van der Waals surface area contributed by atoms with Crippen LogP contribution in [-0.2, 0) is 13.0 Å². The van der Waals surface area contributed by atoms with Gasteiger partial charge in [-0.15, -0.1) is 11.3 Å². The number of hydrogen-bond acceptors (Lipinski definition) is 5. The number of amides is 1. The first-order valence-electron chi connectivity index (χ1n) is 6.22. The van der Waals surface area contributed by atoms with Gasteiger partial charge in [0.2, 0.25) is 0 Å². The van der Waals surface area contributed by atoms with Crippen molar-refractivity contribution in [3.63, 3.8) is 0 Å². The summed E-state index contributed by atoms with van der Waals surface area (Å²) in [5, 5.41) is 3.62. The molecule has 0 aromatic carbocycles. The predicted molar refractivity (Wildman–Crippen MR) is 79.4 cm³/mol. The molecule has 0 fully saturated rings. The quantitative estimate of drug-likeness (QED) is 0.866. The van der Waals surface area contributed by atoms with Crippen LogP contribution in [0.25, 0.3) is 0 Å². The van der Waals surface area contributed by atoms with Gasteiger partial charge in [0.05, 0.1) is 11.3 Å². The van der Waals surface area contributed by atoms with E-state index in [0.717, 1.165) is 25.2 Å². The lowest BCUT2D eigenvalue weighted by molar-refractivity contribution is 0.102. The Hall–Kier alpha value is -1.50. The number of halogens is 1. The van der Waals surface area contributed by atoms with Crippen molar-refractivity contribution in [2.75, 3.05) is 18.9 Å². The summed E-state index contributed by atoms with van der Waals surface area (Å²) < 4.78 is 0. The van der Waals surface area contributed by atoms with Crippen LogP contribution >= 0.6 is 22.9 Å². The lowest BCUT2D eigenvalue weighted by atomic mass is 10.2. The van der Waals surface area contributed by atoms with Gasteiger partial charge in [-0.2, -0.15) is 0 Å². The monoisotopic (exact) mass is 308 g/mol. The maximum absolute atomic E-state index is 12.1. The fraction of sp³-hybridized carbons (Fsp3) is 0.308. The lowest BCUT2D eigenvalue weighted by Gasteiger charge is -2.20. The van der Waals surface area contributed by atoms with Crippen molar-refractivity contribution in [3.05, 3.63) is 39.6 Å². The van der Waals surface area contributed by atoms with Gasteiger partial charge in [-0.1, -0.05) is 11.6 Å². The summed E-state index contributed by atoms with van der Waals surface area (Å²) in [6, 6.07) is 3.33. The number of rotatable bonds is 2. The molecule has 1 N–H and O–H groups in total. The van der Waals surface area contributed by atoms with Gasteiger partial charge in [-0.05, 0) is 19.2 Å². The van der Waals surface area contributed by atoms with E-state index in [2.05, 4.69) is 27.2 Å². The summed E-state index contributed by atoms with van der Waals surface area (Å²) in [4.78, 5) is 24.0. The number of likely N-dealkylation sites (N-methyl/N-ethyl adjacent to an activating group) is 1. The zero-order chi connectivity index (χ0) is 14.1. The van der Waals surface area contributed by atoms with Crippen molar-refractivity contribution >= 4 is 34.0 Å². The third-order valence-corrected chi connectivity index (χ3v) is 4.45. The fourth-order valence-electron chi connectivity index (χ4n) is 2.10. The number of hydrogen-bond donors (Lipinski definition) is 1. The topological polar surface area (TPSA) is 58.1 Å². The van der Waals surface area contributed by atoms with Gasteiger partial charge < -0.3 is 4.90 Å². The highest BCUT2D eigenvalue weighted by Crippen LogP contribution is 2.28. The molecule has 0 radical (unpaired) electrons. The highest BCUT2D eigenvalue weighted by Gasteiger charge is 2.20. The molecule has 2 aromatic heterocycles. The first-order valence-corrected chi connectivity index (χ1v) is 7.42. The van der Waals surface area contributed by atoms with Crippen LogP contribution in [0.3, 0.4) is 0 Å². The Morgan fingerprint density at radius 1 is 1.55 bits per heavy atom. The molecule has 3 heterocycles. The average molecular weight is 309 g/mol. The molecule has 2 aromatic rings. The minimum Gasteiger partial charge on any atom is -0.301 e. The van der Waals surface area contributed by atoms with Crippen LogP contribution in [0.1, 0.15) is 20.9 Å². The SMILES string of the molecule is CN1CCc2nc(NC(=O)c3cccnc3Cl)sc2C1. The Bertz CT molecular complexity index is 658. The number of nitrogens with one attached hydrogen (secondary N) is 1. The number of fused-ring (bicyclic) bond motifs is 1. The van der Waals surface area contributed by atoms with Crippen LogP contribution in [0.4, 0.5) is 5.13 Å². The number of thiazole rings is 1. The minimum absolute atomic E-state index is 0.200. The second kappa shape index (κ2) is 5.47. The van der Waals surface area contributed by atoms with Crippen LogP contribution in [0, 0.1) is 0 Å². The smallest absolute Gasteiger partial charge is 0.260 e. The van der Waals surface area contributed by atoms with Gasteiger partial charge in [-0.3, -0.25) is 10.1 Å². The second-order valence-electron chi connectivity index (χ2n) is 4.67. The van der Waals surface area contributed by atoms with Crippen LogP contribution in [0.2, 0.25) is 5.15 Å². The molecule has 0 saturated heterocycles. The summed E-state index contributed by atoms with van der Waals surface area (Å²) in [6.07, 6.45) is 2.48. The number of aromatic nitrogens is 2. The predicted octanol–water partition coefficient (Wildman–Crippen LogP) is 2.43. The standard InChI is InChI=1S/C13H13ClN4OS/c1-18-6-4-9-10(7-18)20-13(16-9)17-12(19)8-3-2-5-15-11(8)14/h2-3,5H,4,6-7H2,1H3,(H,16,17,19). The number of anilines is 1. The Morgan fingerprint density at radius 3 is 3.20 bits per heavy atom. The Morgan fingerprint density at radius 2 is 2.40 bits per heavy atom. The molecule has 1 amide bonds. The lowest BCUT2D eigenvalue weighted by Crippen LogP contribution is -2.25. The molecule has 104 valence electrons. The van der Waals surface area contributed by atoms with E-state index in [1.165, 1.54) is 16.2 Å². The van der Waals surface area contributed by atoms with Crippen molar-refractivity contribution in [1.29, 1.82) is 0 Å². The molecular weight excluding hydrogens is 296 g/mol. The maximum Gasteiger partial charge on any atom is 0.260 e. The van der Waals surface area contributed by atoms with Crippen LogP contribution < -0.4 is 5.32 Å². The van der Waals surface area contributed by atoms with E-state index in [1.807, 2.05) is 0 Å². The molecular formula is C13H13ClN4OS. The van der Waals surface area contributed by atoms with Crippen molar-refractivity contribution in [2.45, 2.75) is 13.0 Å². The molecule has 0 aliphatic carbocycles. The molecule has 5 nitrogen and oxygen atoms in total. The molecule has 7 heteroatoms. The van der Waals surface area contributed by atoms with Crippen molar-refractivity contribution in [3.8, 4) is 0 Å². The summed E-state index contributed by atoms with van der Waals surface area (Å²) in [5.41, 5.74) is 1.44. The first-order chi connectivity index (χ1) is 9.63. The van der Waals surface area contributed by atoms with Crippen LogP contribution in [0.5, 0.6) is 0 Å². The highest BCUT2D eigenvalue weighted by atomic mass is 35.5. The van der Waals surface area contributed by atoms with E-state index in [1.54, 1.807) is 18.3 Å². The van der Waals surface area contributed by atoms with E-state index < -0.39 is 0 Å². The highest BCUT2D eigenvalue weighted by molar-refractivity contribution is 7.15. The minimum atomic E-state index is -0.275. The molecule has 1 aliphatic rings. The Kier molecular flexibility index (Phi) is 3.69. The molecule has 0 bridgehead atoms. The van der Waals surface area contributed by atoms with Gasteiger partial charge in [0, 0.05) is 30.6 Å². The summed E-state index contributed by atoms with van der Waals surface area (Å²) in [6.45, 7) is 1.88. The summed E-state index contributed by atoms with van der Waals surface area (Å²) in [7, 11) is 2.08. The molecule has 0 unspecified atom stereocenters. The largest absolute Gasteiger partial charge is 0.301 e. The zero-order valence-electron chi connectivity index (χ0n) is 10.9. The number of pyridine rings is 1. The van der Waals surface area contributed by atoms with Gasteiger partial charge in [0.15, 0.2) is 5.13 Å². The molecule has 0 saturated carbocycles. The molecule has 0 atom stereocenters. The Labute approximate surface area is 125 Å². The normalized spacial score (nSPS) is 14.9. The van der Waals surface area contributed by atoms with E-state index in [9.17, 15) is 4.79 Å². The van der Waals surface area contributed by atoms with E-state index in [4.69, 9.17) is 11.6 Å². The van der Waals surface area contributed by atoms with Gasteiger partial charge in [-0.25, -0.2) is 9.97 Å². The first kappa shape index (κ1) is 13.5. The van der Waals surface area contributed by atoms with E-state index >= 15 is 0 Å². The number of carbonyl (C=O) groups is 1. The van der Waals surface area contributed by atoms with Crippen LogP contribution in [0.15, 0.2) is 18.3 Å². The Balaban J connectivity index is 1.79. The van der Waals surface area contributed by atoms with Crippen LogP contribution in [-0.4, -0.2) is 34.4 Å². The third-order valence-electron chi connectivity index (χ3n) is 3.15. The zero-order valence-corrected chi connectivity index (χ0v) is 12.5. The summed E-state index contributed by atoms with van der Waals surface area (Å²) in [5.74, 6) is -0.275. The van der Waals surface area contributed by atoms with E-state index in [0.29, 0.717) is 10.7 Å². The molecule has 0 spiro atoms. The van der Waals surface area contributed by atoms with Crippen molar-refractivity contribution in [1.82, 2.24) is 14.9 Å². The van der Waals surface area contributed by atoms with Gasteiger partial charge in [0.25, 0.3) is 5.91 Å². The summed E-state index contributed by atoms with van der Waals surface area (Å²) >= 11 is 7.43. The number of carbonyl (C=O) groups excluding carboxylic acids is 1. The molecule has 1 aliphatic heterocycles. The number of nitrogens with zero attached hydrogens (tertiary/aromatic N) is 3. The second-order valence-corrected chi connectivity index (χ2v) is 6.11. The van der Waals surface area contributed by atoms with E-state index in [-0.39, 0.29) is 11.1 Å². The third kappa shape index (κ3) is 2.67. The maximum atomic E-state index is 12.1. The average Bonchev–Trinajstić information content (AvgIpc) is 2.80.